The third kappa shape index (κ3) is 2.68. The van der Waals surface area contributed by atoms with Crippen LogP contribution in [0.4, 0.5) is 5.69 Å². The summed E-state index contributed by atoms with van der Waals surface area (Å²) in [4.78, 5) is 22.3. The van der Waals surface area contributed by atoms with Gasteiger partial charge in [-0.2, -0.15) is 0 Å². The average molecular weight is 263 g/mol. The van der Waals surface area contributed by atoms with Crippen molar-refractivity contribution in [2.24, 2.45) is 5.73 Å². The second kappa shape index (κ2) is 5.27. The second-order valence-corrected chi connectivity index (χ2v) is 4.55. The second-order valence-electron chi connectivity index (χ2n) is 4.55. The summed E-state index contributed by atoms with van der Waals surface area (Å²) < 4.78 is 0. The lowest BCUT2D eigenvalue weighted by molar-refractivity contribution is -0.137. The van der Waals surface area contributed by atoms with Gasteiger partial charge in [0.1, 0.15) is 0 Å². The van der Waals surface area contributed by atoms with E-state index < -0.39 is 12.0 Å². The molecule has 1 amide bonds. The summed E-state index contributed by atoms with van der Waals surface area (Å²) >= 11 is 0. The van der Waals surface area contributed by atoms with Gasteiger partial charge in [0.15, 0.2) is 0 Å². The highest BCUT2D eigenvalue weighted by Crippen LogP contribution is 2.30. The third-order valence-corrected chi connectivity index (χ3v) is 3.27. The highest BCUT2D eigenvalue weighted by Gasteiger charge is 2.28. The Bertz CT molecular complexity index is 504. The van der Waals surface area contributed by atoms with E-state index >= 15 is 0 Å². The van der Waals surface area contributed by atoms with Gasteiger partial charge in [-0.15, -0.1) is 0 Å². The van der Waals surface area contributed by atoms with E-state index in [-0.39, 0.29) is 12.3 Å². The highest BCUT2D eigenvalue weighted by atomic mass is 16.4. The Balaban J connectivity index is 2.31. The number of amides is 1. The predicted octanol–water partition coefficient (Wildman–Crippen LogP) is 0.745. The minimum absolute atomic E-state index is 0.0432. The predicted molar refractivity (Wildman–Crippen MR) is 70.4 cm³/mol. The van der Waals surface area contributed by atoms with Gasteiger partial charge in [-0.1, -0.05) is 18.2 Å². The molecule has 19 heavy (non-hydrogen) atoms. The molecule has 2 rings (SSSR count). The summed E-state index contributed by atoms with van der Waals surface area (Å²) in [5, 5.41) is 12.2. The van der Waals surface area contributed by atoms with Crippen molar-refractivity contribution in [2.75, 3.05) is 18.6 Å². The van der Waals surface area contributed by atoms with Crippen LogP contribution in [0, 0.1) is 0 Å². The minimum atomic E-state index is -0.937. The van der Waals surface area contributed by atoms with Gasteiger partial charge in [-0.25, -0.2) is 0 Å². The fraction of sp³-hybridized carbons (Fsp3) is 0.385. The van der Waals surface area contributed by atoms with Crippen molar-refractivity contribution in [1.29, 1.82) is 0 Å². The molecule has 1 fully saturated rings. The van der Waals surface area contributed by atoms with Crippen molar-refractivity contribution in [3.05, 3.63) is 29.8 Å². The molecule has 0 bridgehead atoms. The molecule has 1 aromatic carbocycles. The number of carbonyl (C=O) groups excluding carboxylic acids is 1. The molecule has 0 aliphatic carbocycles. The normalized spacial score (nSPS) is 16.8. The van der Waals surface area contributed by atoms with E-state index in [2.05, 4.69) is 0 Å². The maximum Gasteiger partial charge on any atom is 0.305 e. The van der Waals surface area contributed by atoms with Gasteiger partial charge in [0, 0.05) is 26.1 Å². The Hall–Kier alpha value is -2.08. The van der Waals surface area contributed by atoms with Crippen LogP contribution in [-0.4, -0.2) is 35.6 Å². The molecule has 0 spiro atoms. The molecule has 6 nitrogen and oxygen atoms in total. The summed E-state index contributed by atoms with van der Waals surface area (Å²) in [7, 11) is 1.70. The summed E-state index contributed by atoms with van der Waals surface area (Å²) in [5.74, 6) is -0.894. The van der Waals surface area contributed by atoms with E-state index in [0.717, 1.165) is 11.3 Å². The van der Waals surface area contributed by atoms with Crippen LogP contribution in [0.25, 0.3) is 0 Å². The van der Waals surface area contributed by atoms with Crippen molar-refractivity contribution in [1.82, 2.24) is 5.01 Å². The van der Waals surface area contributed by atoms with E-state index in [1.54, 1.807) is 18.1 Å². The lowest BCUT2D eigenvalue weighted by Gasteiger charge is -2.29. The van der Waals surface area contributed by atoms with Gasteiger partial charge >= 0.3 is 5.97 Å². The largest absolute Gasteiger partial charge is 0.481 e. The monoisotopic (exact) mass is 263 g/mol. The number of hydrazine groups is 1. The number of hydrogen-bond donors (Lipinski definition) is 2. The molecular formula is C13H17N3O3. The SMILES string of the molecule is CN1C(=O)CCN1c1ccccc1C(N)CC(=O)O. The number of aliphatic carboxylic acids is 1. The number of benzene rings is 1. The van der Waals surface area contributed by atoms with Crippen molar-refractivity contribution in [2.45, 2.75) is 18.9 Å². The topological polar surface area (TPSA) is 86.9 Å². The average Bonchev–Trinajstić information content (AvgIpc) is 2.69. The lowest BCUT2D eigenvalue weighted by atomic mass is 10.0. The molecule has 1 aromatic rings. The van der Waals surface area contributed by atoms with Gasteiger partial charge < -0.3 is 10.8 Å². The number of carboxylic acid groups (broad SMARTS) is 1. The van der Waals surface area contributed by atoms with Crippen molar-refractivity contribution >= 4 is 17.6 Å². The third-order valence-electron chi connectivity index (χ3n) is 3.27. The molecule has 0 aromatic heterocycles. The molecule has 1 saturated heterocycles. The summed E-state index contributed by atoms with van der Waals surface area (Å²) in [6, 6.07) is 6.74. The first-order valence-corrected chi connectivity index (χ1v) is 6.11. The van der Waals surface area contributed by atoms with Crippen molar-refractivity contribution in [3.63, 3.8) is 0 Å². The molecule has 1 heterocycles. The number of para-hydroxylation sites is 1. The van der Waals surface area contributed by atoms with Gasteiger partial charge in [-0.05, 0) is 11.6 Å². The van der Waals surface area contributed by atoms with Crippen molar-refractivity contribution in [3.8, 4) is 0 Å². The molecule has 1 aliphatic rings. The molecule has 6 heteroatoms. The number of carbonyl (C=O) groups is 2. The Labute approximate surface area is 111 Å². The van der Waals surface area contributed by atoms with Gasteiger partial charge in [0.2, 0.25) is 5.91 Å². The van der Waals surface area contributed by atoms with Crippen LogP contribution in [0.5, 0.6) is 0 Å². The van der Waals surface area contributed by atoms with Gasteiger partial charge in [0.25, 0.3) is 0 Å². The van der Waals surface area contributed by atoms with E-state index in [9.17, 15) is 9.59 Å². The smallest absolute Gasteiger partial charge is 0.305 e. The van der Waals surface area contributed by atoms with Crippen LogP contribution in [-0.2, 0) is 9.59 Å². The van der Waals surface area contributed by atoms with Crippen LogP contribution >= 0.6 is 0 Å². The standard InChI is InChI=1S/C13H17N3O3/c1-15-12(17)6-7-16(15)11-5-3-2-4-9(11)10(14)8-13(18)19/h2-5,10H,6-8,14H2,1H3,(H,18,19). The van der Waals surface area contributed by atoms with Crippen LogP contribution < -0.4 is 10.7 Å². The number of carboxylic acids is 1. The van der Waals surface area contributed by atoms with Crippen LogP contribution in [0.3, 0.4) is 0 Å². The molecule has 3 N–H and O–H groups in total. The Morgan fingerprint density at radius 3 is 2.74 bits per heavy atom. The number of rotatable bonds is 4. The van der Waals surface area contributed by atoms with Gasteiger partial charge in [-0.3, -0.25) is 19.6 Å². The molecule has 0 radical (unpaired) electrons. The van der Waals surface area contributed by atoms with E-state index in [4.69, 9.17) is 10.8 Å². The van der Waals surface area contributed by atoms with E-state index in [0.29, 0.717) is 13.0 Å². The maximum atomic E-state index is 11.6. The zero-order valence-electron chi connectivity index (χ0n) is 10.7. The fourth-order valence-corrected chi connectivity index (χ4v) is 2.26. The van der Waals surface area contributed by atoms with E-state index in [1.807, 2.05) is 23.2 Å². The van der Waals surface area contributed by atoms with Crippen LogP contribution in [0.1, 0.15) is 24.4 Å². The molecular weight excluding hydrogens is 246 g/mol. The number of nitrogens with two attached hydrogens (primary N) is 1. The molecule has 1 aliphatic heterocycles. The van der Waals surface area contributed by atoms with Crippen LogP contribution in [0.2, 0.25) is 0 Å². The van der Waals surface area contributed by atoms with Gasteiger partial charge in [0.05, 0.1) is 12.1 Å². The summed E-state index contributed by atoms with van der Waals surface area (Å²) in [6.45, 7) is 0.589. The summed E-state index contributed by atoms with van der Waals surface area (Å²) in [6.07, 6.45) is 0.321. The van der Waals surface area contributed by atoms with Crippen LogP contribution in [0.15, 0.2) is 24.3 Å². The fourth-order valence-electron chi connectivity index (χ4n) is 2.26. The molecule has 0 saturated carbocycles. The number of hydrogen-bond acceptors (Lipinski definition) is 4. The first kappa shape index (κ1) is 13.4. The first-order valence-electron chi connectivity index (χ1n) is 6.11. The molecule has 1 unspecified atom stereocenters. The minimum Gasteiger partial charge on any atom is -0.481 e. The Morgan fingerprint density at radius 1 is 1.47 bits per heavy atom. The lowest BCUT2D eigenvalue weighted by Crippen LogP contribution is -2.36. The molecule has 102 valence electrons. The van der Waals surface area contributed by atoms with E-state index in [1.165, 1.54) is 0 Å². The Kier molecular flexibility index (Phi) is 3.71. The highest BCUT2D eigenvalue weighted by molar-refractivity contribution is 5.82. The quantitative estimate of drug-likeness (QED) is 0.836. The molecule has 1 atom stereocenters. The van der Waals surface area contributed by atoms with Crippen molar-refractivity contribution < 1.29 is 14.7 Å². The summed E-state index contributed by atoms with van der Waals surface area (Å²) in [5.41, 5.74) is 7.47. The first-order chi connectivity index (χ1) is 9.00. The Morgan fingerprint density at radius 2 is 2.16 bits per heavy atom. The zero-order chi connectivity index (χ0) is 14.0. The zero-order valence-corrected chi connectivity index (χ0v) is 10.7. The maximum absolute atomic E-state index is 11.6. The number of anilines is 1. The number of nitrogens with zero attached hydrogens (tertiary/aromatic N) is 2.